The topological polar surface area (TPSA) is 190 Å². The predicted molar refractivity (Wildman–Crippen MR) is 26.1 cm³/mol. The van der Waals surface area contributed by atoms with Gasteiger partial charge in [-0.2, -0.15) is 0 Å². The Kier molecular flexibility index (Phi) is 25.1. The molecule has 0 atom stereocenters. The molecule has 0 aromatic rings. The summed E-state index contributed by atoms with van der Waals surface area (Å²) < 4.78 is 55.7. The fourth-order valence-electron chi connectivity index (χ4n) is 0. The third-order valence-corrected chi connectivity index (χ3v) is 0. The zero-order chi connectivity index (χ0) is 13.5. The third-order valence-electron chi connectivity index (χ3n) is 0. The van der Waals surface area contributed by atoms with Crippen molar-refractivity contribution in [3.63, 3.8) is 0 Å². The van der Waals surface area contributed by atoms with E-state index in [0.717, 1.165) is 0 Å². The molecular weight excluding hydrogens is 384 g/mol. The van der Waals surface area contributed by atoms with Crippen LogP contribution in [0.5, 0.6) is 0 Å². The molecule has 0 bridgehead atoms. The zero-order valence-electron chi connectivity index (χ0n) is 7.60. The normalized spacial score (nSPS) is 10.4. The number of hydrogen-bond donors (Lipinski definition) is 0. The van der Waals surface area contributed by atoms with Crippen molar-refractivity contribution in [3.8, 4) is 0 Å². The molecule has 0 unspecified atom stereocenters. The summed E-state index contributed by atoms with van der Waals surface area (Å²) >= 11 is 0. The molecule has 0 aliphatic rings. The Balaban J connectivity index is -0.0000000400. The van der Waals surface area contributed by atoms with Crippen molar-refractivity contribution < 1.29 is 126 Å². The van der Waals surface area contributed by atoms with Gasteiger partial charge in [0.2, 0.25) is 0 Å². The second kappa shape index (κ2) is 13.4. The van der Waals surface area contributed by atoms with Crippen LogP contribution in [-0.4, -0.2) is 0 Å². The van der Waals surface area contributed by atoms with Crippen molar-refractivity contribution in [3.05, 3.63) is 0 Å². The van der Waals surface area contributed by atoms with Crippen LogP contribution in [-0.2, 0) is 32.3 Å². The van der Waals surface area contributed by atoms with E-state index in [4.69, 9.17) is 43.1 Å². The molecule has 0 aliphatic carbocycles. The van der Waals surface area contributed by atoms with Crippen LogP contribution in [0.4, 0.5) is 12.6 Å². The van der Waals surface area contributed by atoms with Gasteiger partial charge >= 0.3 is 51.4 Å². The Morgan fingerprint density at radius 2 is 0.588 bits per heavy atom. The molecule has 0 saturated carbocycles. The van der Waals surface area contributed by atoms with Gasteiger partial charge in [0, 0.05) is 18.6 Å². The van der Waals surface area contributed by atoms with Crippen LogP contribution in [0.25, 0.3) is 0 Å². The minimum absolute atomic E-state index is 0. The molecule has 0 aliphatic heterocycles. The van der Waals surface area contributed by atoms with E-state index in [-0.39, 0.29) is 69.9 Å². The van der Waals surface area contributed by atoms with E-state index in [2.05, 4.69) is 0 Å². The van der Waals surface area contributed by atoms with E-state index in [0.29, 0.717) is 0 Å². The summed E-state index contributed by atoms with van der Waals surface area (Å²) in [5.41, 5.74) is 0. The minimum Gasteiger partial charge on any atom is -0.786 e. The molecule has 17 heteroatoms. The summed E-state index contributed by atoms with van der Waals surface area (Å²) in [4.78, 5) is 50.6. The first-order valence-corrected chi connectivity index (χ1v) is 6.45. The van der Waals surface area contributed by atoms with Gasteiger partial charge in [0.1, 0.15) is 23.7 Å². The Bertz CT molecular complexity index is 218. The molecule has 0 aromatic heterocycles. The second-order valence-corrected chi connectivity index (χ2v) is 3.88. The molecule has 0 aromatic carbocycles. The maximum Gasteiger partial charge on any atom is 1.00 e. The first-order chi connectivity index (χ1) is 6.00. The van der Waals surface area contributed by atoms with Gasteiger partial charge in [-0.15, -0.1) is 0 Å². The first kappa shape index (κ1) is 31.7. The van der Waals surface area contributed by atoms with Crippen LogP contribution in [0.15, 0.2) is 0 Å². The Hall–Kier alpha value is 2.46. The summed E-state index contributed by atoms with van der Waals surface area (Å²) in [7, 11) is -16.9. The number of halogens is 3. The molecular formula is F3KO9P3V-5. The Morgan fingerprint density at radius 1 is 0.588 bits per heavy atom. The van der Waals surface area contributed by atoms with Gasteiger partial charge in [-0.1, -0.05) is 0 Å². The monoisotopic (exact) mass is 384 g/mol. The molecule has 101 valence electrons. The van der Waals surface area contributed by atoms with Gasteiger partial charge < -0.3 is 43.1 Å². The van der Waals surface area contributed by atoms with Crippen molar-refractivity contribution in [2.24, 2.45) is 0 Å². The molecule has 0 saturated heterocycles. The smallest absolute Gasteiger partial charge is 0.786 e. The zero-order valence-corrected chi connectivity index (χ0v) is 14.8. The SMILES string of the molecule is O=P([O-])([O-])F.O=P([O-])([O-])F.O=P([O-])([O-])F.[K+].[V]. The van der Waals surface area contributed by atoms with Gasteiger partial charge in [-0.25, -0.2) is 12.6 Å². The largest absolute Gasteiger partial charge is 1.00 e. The van der Waals surface area contributed by atoms with E-state index < -0.39 is 23.7 Å². The summed E-state index contributed by atoms with van der Waals surface area (Å²) in [6.07, 6.45) is 0. The molecule has 17 heavy (non-hydrogen) atoms. The van der Waals surface area contributed by atoms with E-state index >= 15 is 0 Å². The van der Waals surface area contributed by atoms with Crippen molar-refractivity contribution in [2.45, 2.75) is 0 Å². The second-order valence-electron chi connectivity index (χ2n) is 1.29. The maximum absolute atomic E-state index is 10.1. The van der Waals surface area contributed by atoms with Crippen molar-refractivity contribution in [1.82, 2.24) is 0 Å². The summed E-state index contributed by atoms with van der Waals surface area (Å²) in [5.74, 6) is 0. The average Bonchev–Trinajstić information content (AvgIpc) is 1.41. The summed E-state index contributed by atoms with van der Waals surface area (Å²) in [6.45, 7) is 0. The van der Waals surface area contributed by atoms with Gasteiger partial charge in [-0.05, 0) is 0 Å². The predicted octanol–water partition coefficient (Wildman–Crippen LogP) is -6.64. The molecule has 0 rings (SSSR count). The fourth-order valence-corrected chi connectivity index (χ4v) is 0. The van der Waals surface area contributed by atoms with Crippen LogP contribution in [0.2, 0.25) is 0 Å². The first-order valence-electron chi connectivity index (χ1n) is 2.15. The van der Waals surface area contributed by atoms with E-state index in [1.54, 1.807) is 0 Å². The van der Waals surface area contributed by atoms with Gasteiger partial charge in [0.25, 0.3) is 0 Å². The van der Waals surface area contributed by atoms with Gasteiger partial charge in [-0.3, -0.25) is 0 Å². The van der Waals surface area contributed by atoms with Crippen LogP contribution >= 0.6 is 23.7 Å². The summed E-state index contributed by atoms with van der Waals surface area (Å²) in [6, 6.07) is 0. The molecule has 0 amide bonds. The Labute approximate surface area is 147 Å². The molecule has 1 radical (unpaired) electrons. The van der Waals surface area contributed by atoms with Gasteiger partial charge in [0.05, 0.1) is 0 Å². The summed E-state index contributed by atoms with van der Waals surface area (Å²) in [5, 5.41) is 0. The van der Waals surface area contributed by atoms with Crippen molar-refractivity contribution in [2.75, 3.05) is 0 Å². The van der Waals surface area contributed by atoms with Crippen LogP contribution in [0, 0.1) is 0 Å². The standard InChI is InChI=1S/3FH2O3P.K.V/c3*1-5(2,3)4;;/h3*(H2,2,3,4);;/q;;;+1;/p-6. The van der Waals surface area contributed by atoms with E-state index in [1.165, 1.54) is 0 Å². The quantitative estimate of drug-likeness (QED) is 0.289. The van der Waals surface area contributed by atoms with Crippen molar-refractivity contribution in [1.29, 1.82) is 0 Å². The molecule has 9 nitrogen and oxygen atoms in total. The molecule has 0 N–H and O–H groups in total. The molecule has 0 fully saturated rings. The van der Waals surface area contributed by atoms with Gasteiger partial charge in [0.15, 0.2) is 0 Å². The van der Waals surface area contributed by atoms with Crippen LogP contribution in [0.3, 0.4) is 0 Å². The number of rotatable bonds is 0. The van der Waals surface area contributed by atoms with Crippen molar-refractivity contribution >= 4 is 23.7 Å². The van der Waals surface area contributed by atoms with E-state index in [1.807, 2.05) is 0 Å². The van der Waals surface area contributed by atoms with Crippen LogP contribution < -0.4 is 80.7 Å². The van der Waals surface area contributed by atoms with Crippen LogP contribution in [0.1, 0.15) is 0 Å². The van der Waals surface area contributed by atoms with E-state index in [9.17, 15) is 12.6 Å². The average molecular weight is 384 g/mol. The molecule has 0 spiro atoms. The minimum atomic E-state index is -5.64. The third kappa shape index (κ3) is 826. The number of hydrogen-bond acceptors (Lipinski definition) is 9. The fraction of sp³-hybridized carbons (Fsp3) is 0. The maximum atomic E-state index is 10.1. The Morgan fingerprint density at radius 3 is 0.588 bits per heavy atom. The molecule has 0 heterocycles.